The van der Waals surface area contributed by atoms with E-state index in [2.05, 4.69) is 17.2 Å². The van der Waals surface area contributed by atoms with Crippen LogP contribution in [-0.4, -0.2) is 17.0 Å². The van der Waals surface area contributed by atoms with Crippen LogP contribution in [0.3, 0.4) is 0 Å². The summed E-state index contributed by atoms with van der Waals surface area (Å²) in [6, 6.07) is 1.67. The maximum absolute atomic E-state index is 12.3. The van der Waals surface area contributed by atoms with E-state index in [1.165, 1.54) is 6.42 Å². The van der Waals surface area contributed by atoms with Crippen molar-refractivity contribution in [1.82, 2.24) is 0 Å². The molecule has 1 aromatic heterocycles. The molecule has 1 aromatic rings. The molecular formula is C18H23NO3S. The van der Waals surface area contributed by atoms with Crippen LogP contribution >= 0.6 is 11.3 Å². The number of nitrogens with one attached hydrogen (secondary N) is 1. The number of aromatic carboxylic acids is 1. The molecule has 1 aliphatic carbocycles. The molecule has 0 spiro atoms. The van der Waals surface area contributed by atoms with Crippen molar-refractivity contribution in [2.45, 2.75) is 52.9 Å². The average molecular weight is 333 g/mol. The molecule has 1 saturated carbocycles. The smallest absolute Gasteiger partial charge is 0.348 e. The minimum atomic E-state index is -1.03. The molecule has 0 bridgehead atoms. The number of carboxylic acid groups (broad SMARTS) is 1. The number of hydrogen-bond acceptors (Lipinski definition) is 3. The van der Waals surface area contributed by atoms with Gasteiger partial charge in [0.25, 0.3) is 0 Å². The van der Waals surface area contributed by atoms with E-state index in [1.807, 2.05) is 20.8 Å². The van der Waals surface area contributed by atoms with Gasteiger partial charge in [0.15, 0.2) is 0 Å². The van der Waals surface area contributed by atoms with Crippen molar-refractivity contribution in [2.75, 3.05) is 5.32 Å². The van der Waals surface area contributed by atoms with Crippen molar-refractivity contribution in [2.24, 2.45) is 11.3 Å². The first-order valence-electron chi connectivity index (χ1n) is 7.97. The Morgan fingerprint density at radius 2 is 1.91 bits per heavy atom. The lowest BCUT2D eigenvalue weighted by Crippen LogP contribution is -2.25. The van der Waals surface area contributed by atoms with Gasteiger partial charge in [0, 0.05) is 11.3 Å². The average Bonchev–Trinajstić information content (AvgIpc) is 2.88. The van der Waals surface area contributed by atoms with Gasteiger partial charge >= 0.3 is 5.97 Å². The van der Waals surface area contributed by atoms with E-state index in [0.29, 0.717) is 10.6 Å². The number of carbonyl (C=O) groups excluding carboxylic acids is 1. The fourth-order valence-corrected chi connectivity index (χ4v) is 3.36. The van der Waals surface area contributed by atoms with Crippen molar-refractivity contribution in [3.05, 3.63) is 15.8 Å². The molecule has 4 nitrogen and oxygen atoms in total. The molecule has 1 amide bonds. The maximum Gasteiger partial charge on any atom is 0.348 e. The van der Waals surface area contributed by atoms with Crippen molar-refractivity contribution in [3.8, 4) is 11.8 Å². The van der Waals surface area contributed by atoms with Crippen molar-refractivity contribution in [3.63, 3.8) is 0 Å². The maximum atomic E-state index is 12.3. The van der Waals surface area contributed by atoms with Gasteiger partial charge in [-0.3, -0.25) is 4.79 Å². The number of thiophene rings is 1. The van der Waals surface area contributed by atoms with Crippen LogP contribution < -0.4 is 5.32 Å². The highest BCUT2D eigenvalue weighted by molar-refractivity contribution is 7.15. The Balaban J connectivity index is 2.19. The summed E-state index contributed by atoms with van der Waals surface area (Å²) in [5.41, 5.74) is 0.218. The number of carboxylic acids is 1. The molecule has 0 aliphatic heterocycles. The van der Waals surface area contributed by atoms with E-state index in [-0.39, 0.29) is 22.1 Å². The molecule has 0 aromatic carbocycles. The SMILES string of the molecule is CC(C)(C)C#Cc1cc(NC(=O)C2CCCCC2)c(C(=O)O)s1. The lowest BCUT2D eigenvalue weighted by Gasteiger charge is -2.20. The third-order valence-corrected chi connectivity index (χ3v) is 4.76. The highest BCUT2D eigenvalue weighted by Gasteiger charge is 2.24. The molecule has 124 valence electrons. The molecule has 1 fully saturated rings. The Bertz CT molecular complexity index is 652. The normalized spacial score (nSPS) is 15.6. The van der Waals surface area contributed by atoms with Gasteiger partial charge in [0.2, 0.25) is 5.91 Å². The van der Waals surface area contributed by atoms with Crippen molar-refractivity contribution >= 4 is 28.9 Å². The molecule has 0 saturated heterocycles. The van der Waals surface area contributed by atoms with E-state index >= 15 is 0 Å². The Morgan fingerprint density at radius 1 is 1.26 bits per heavy atom. The van der Waals surface area contributed by atoms with E-state index in [4.69, 9.17) is 0 Å². The molecule has 5 heteroatoms. The molecule has 0 unspecified atom stereocenters. The highest BCUT2D eigenvalue weighted by Crippen LogP contribution is 2.30. The van der Waals surface area contributed by atoms with Gasteiger partial charge in [0.05, 0.1) is 10.6 Å². The first kappa shape index (κ1) is 17.6. The van der Waals surface area contributed by atoms with E-state index < -0.39 is 5.97 Å². The zero-order valence-electron chi connectivity index (χ0n) is 13.9. The third-order valence-electron chi connectivity index (χ3n) is 3.72. The minimum absolute atomic E-state index is 0.00518. The van der Waals surface area contributed by atoms with Gasteiger partial charge < -0.3 is 10.4 Å². The van der Waals surface area contributed by atoms with Crippen molar-refractivity contribution in [1.29, 1.82) is 0 Å². The van der Waals surface area contributed by atoms with E-state index in [9.17, 15) is 14.7 Å². The summed E-state index contributed by atoms with van der Waals surface area (Å²) in [7, 11) is 0. The minimum Gasteiger partial charge on any atom is -0.477 e. The quantitative estimate of drug-likeness (QED) is 0.808. The fourth-order valence-electron chi connectivity index (χ4n) is 2.55. The van der Waals surface area contributed by atoms with Crippen LogP contribution in [0.5, 0.6) is 0 Å². The summed E-state index contributed by atoms with van der Waals surface area (Å²) in [5.74, 6) is 4.99. The molecule has 2 N–H and O–H groups in total. The summed E-state index contributed by atoms with van der Waals surface area (Å²) in [6.07, 6.45) is 5.07. The molecule has 1 aliphatic rings. The van der Waals surface area contributed by atoms with Gasteiger partial charge in [-0.1, -0.05) is 31.1 Å². The zero-order chi connectivity index (χ0) is 17.0. The zero-order valence-corrected chi connectivity index (χ0v) is 14.7. The predicted octanol–water partition coefficient (Wildman–Crippen LogP) is 4.36. The predicted molar refractivity (Wildman–Crippen MR) is 92.8 cm³/mol. The van der Waals surface area contributed by atoms with Gasteiger partial charge in [-0.2, -0.15) is 0 Å². The second-order valence-corrected chi connectivity index (χ2v) is 8.03. The molecule has 2 rings (SSSR count). The number of rotatable bonds is 3. The van der Waals surface area contributed by atoms with Crippen LogP contribution in [0, 0.1) is 23.2 Å². The van der Waals surface area contributed by atoms with E-state index in [1.54, 1.807) is 6.07 Å². The first-order chi connectivity index (χ1) is 10.8. The van der Waals surface area contributed by atoms with Crippen LogP contribution in [0.25, 0.3) is 0 Å². The van der Waals surface area contributed by atoms with Crippen LogP contribution in [0.4, 0.5) is 5.69 Å². The van der Waals surface area contributed by atoms with Crippen LogP contribution in [0.1, 0.15) is 67.4 Å². The van der Waals surface area contributed by atoms with Gasteiger partial charge in [-0.25, -0.2) is 4.79 Å². The Kier molecular flexibility index (Phi) is 5.48. The van der Waals surface area contributed by atoms with Gasteiger partial charge in [-0.15, -0.1) is 11.3 Å². The fraction of sp³-hybridized carbons (Fsp3) is 0.556. The molecule has 0 radical (unpaired) electrons. The van der Waals surface area contributed by atoms with Crippen LogP contribution in [-0.2, 0) is 4.79 Å². The summed E-state index contributed by atoms with van der Waals surface area (Å²) in [6.45, 7) is 5.99. The second kappa shape index (κ2) is 7.18. The second-order valence-electron chi connectivity index (χ2n) is 6.98. The first-order valence-corrected chi connectivity index (χ1v) is 8.79. The summed E-state index contributed by atoms with van der Waals surface area (Å²) in [5, 5.41) is 12.1. The number of amides is 1. The summed E-state index contributed by atoms with van der Waals surface area (Å²) in [4.78, 5) is 24.5. The van der Waals surface area contributed by atoms with Crippen LogP contribution in [0.15, 0.2) is 6.07 Å². The number of anilines is 1. The standard InChI is InChI=1S/C18H23NO3S/c1-18(2,3)10-9-13-11-14(15(23-13)17(21)22)19-16(20)12-7-5-4-6-8-12/h11-12H,4-8H2,1-3H3,(H,19,20)(H,21,22). The highest BCUT2D eigenvalue weighted by atomic mass is 32.1. The van der Waals surface area contributed by atoms with Gasteiger partial charge in [0.1, 0.15) is 4.88 Å². The molecule has 0 atom stereocenters. The largest absolute Gasteiger partial charge is 0.477 e. The Morgan fingerprint density at radius 3 is 2.48 bits per heavy atom. The topological polar surface area (TPSA) is 66.4 Å². The van der Waals surface area contributed by atoms with Crippen molar-refractivity contribution < 1.29 is 14.7 Å². The Labute approximate surface area is 141 Å². The summed E-state index contributed by atoms with van der Waals surface area (Å²) < 4.78 is 0. The van der Waals surface area contributed by atoms with Crippen LogP contribution in [0.2, 0.25) is 0 Å². The lowest BCUT2D eigenvalue weighted by molar-refractivity contribution is -0.120. The molecule has 23 heavy (non-hydrogen) atoms. The summed E-state index contributed by atoms with van der Waals surface area (Å²) >= 11 is 1.11. The number of carbonyl (C=O) groups is 2. The van der Waals surface area contributed by atoms with E-state index in [0.717, 1.165) is 37.0 Å². The molecule has 1 heterocycles. The molecular weight excluding hydrogens is 310 g/mol. The number of hydrogen-bond donors (Lipinski definition) is 2. The Hall–Kier alpha value is -1.80. The lowest BCUT2D eigenvalue weighted by atomic mass is 9.88. The third kappa shape index (κ3) is 5.11. The van der Waals surface area contributed by atoms with Gasteiger partial charge in [-0.05, 0) is 39.7 Å². The monoisotopic (exact) mass is 333 g/mol.